The second kappa shape index (κ2) is 8.96. The molecule has 2 N–H and O–H groups in total. The van der Waals surface area contributed by atoms with Gasteiger partial charge >= 0.3 is 0 Å². The van der Waals surface area contributed by atoms with E-state index in [0.29, 0.717) is 17.8 Å². The van der Waals surface area contributed by atoms with Crippen molar-refractivity contribution in [1.82, 2.24) is 9.47 Å². The highest BCUT2D eigenvalue weighted by molar-refractivity contribution is 5.95. The summed E-state index contributed by atoms with van der Waals surface area (Å²) < 4.78 is 1.34. The van der Waals surface area contributed by atoms with Crippen LogP contribution in [-0.4, -0.2) is 46.1 Å². The van der Waals surface area contributed by atoms with Crippen LogP contribution in [-0.2, 0) is 11.3 Å². The predicted molar refractivity (Wildman–Crippen MR) is 99.2 cm³/mol. The van der Waals surface area contributed by atoms with E-state index in [1.165, 1.54) is 15.5 Å². The maximum absolute atomic E-state index is 12.3. The molecule has 0 fully saturated rings. The first-order valence-corrected chi connectivity index (χ1v) is 8.41. The molecule has 1 heterocycles. The average Bonchev–Trinajstić information content (AvgIpc) is 2.63. The van der Waals surface area contributed by atoms with Gasteiger partial charge in [0.1, 0.15) is 6.54 Å². The van der Waals surface area contributed by atoms with Gasteiger partial charge in [-0.1, -0.05) is 6.07 Å². The molecule has 0 bridgehead atoms. The molecule has 0 saturated carbocycles. The number of nitrogens with one attached hydrogen (secondary N) is 1. The second-order valence-corrected chi connectivity index (χ2v) is 5.91. The number of aryl methyl sites for hydroxylation is 1. The largest absolute Gasteiger partial charge is 0.395 e. The summed E-state index contributed by atoms with van der Waals surface area (Å²) >= 11 is 0. The van der Waals surface area contributed by atoms with E-state index in [0.717, 1.165) is 5.56 Å². The summed E-state index contributed by atoms with van der Waals surface area (Å²) in [6, 6.07) is 9.64. The van der Waals surface area contributed by atoms with Crippen molar-refractivity contribution in [3.05, 3.63) is 64.1 Å². The van der Waals surface area contributed by atoms with Crippen LogP contribution in [0.4, 0.5) is 5.69 Å². The Morgan fingerprint density at radius 3 is 2.46 bits per heavy atom. The van der Waals surface area contributed by atoms with Gasteiger partial charge in [-0.25, -0.2) is 0 Å². The minimum Gasteiger partial charge on any atom is -0.395 e. The van der Waals surface area contributed by atoms with Gasteiger partial charge in [0.25, 0.3) is 11.5 Å². The first-order valence-electron chi connectivity index (χ1n) is 8.41. The summed E-state index contributed by atoms with van der Waals surface area (Å²) in [7, 11) is 0. The van der Waals surface area contributed by atoms with E-state index in [1.807, 2.05) is 13.8 Å². The fraction of sp³-hybridized carbons (Fsp3) is 0.316. The van der Waals surface area contributed by atoms with Crippen LogP contribution in [0.1, 0.15) is 22.8 Å². The molecule has 7 heteroatoms. The SMILES string of the molecule is CCN(CCO)C(=O)c1ccc(NC(=O)Cn2cc(C)ccc2=O)cc1. The maximum Gasteiger partial charge on any atom is 0.253 e. The number of benzene rings is 1. The fourth-order valence-electron chi connectivity index (χ4n) is 2.53. The lowest BCUT2D eigenvalue weighted by molar-refractivity contribution is -0.116. The van der Waals surface area contributed by atoms with Crippen molar-refractivity contribution in [1.29, 1.82) is 0 Å². The van der Waals surface area contributed by atoms with Gasteiger partial charge < -0.3 is 19.9 Å². The van der Waals surface area contributed by atoms with Crippen LogP contribution in [0.15, 0.2) is 47.4 Å². The molecule has 0 aliphatic carbocycles. The molecule has 138 valence electrons. The van der Waals surface area contributed by atoms with Crippen molar-refractivity contribution in [2.75, 3.05) is 25.0 Å². The fourth-order valence-corrected chi connectivity index (χ4v) is 2.53. The Bertz CT molecular complexity index is 827. The molecule has 7 nitrogen and oxygen atoms in total. The van der Waals surface area contributed by atoms with Crippen LogP contribution in [0.2, 0.25) is 0 Å². The molecule has 2 amide bonds. The molecule has 0 unspecified atom stereocenters. The number of aliphatic hydroxyl groups excluding tert-OH is 1. The molecule has 0 saturated heterocycles. The Hall–Kier alpha value is -2.93. The number of hydrogen-bond donors (Lipinski definition) is 2. The summed E-state index contributed by atoms with van der Waals surface area (Å²) in [6.07, 6.45) is 1.63. The van der Waals surface area contributed by atoms with Crippen LogP contribution in [0.25, 0.3) is 0 Å². The molecule has 1 aromatic heterocycles. The van der Waals surface area contributed by atoms with E-state index < -0.39 is 0 Å². The highest BCUT2D eigenvalue weighted by Crippen LogP contribution is 2.12. The zero-order valence-electron chi connectivity index (χ0n) is 14.9. The molecule has 0 radical (unpaired) electrons. The average molecular weight is 357 g/mol. The Balaban J connectivity index is 2.02. The lowest BCUT2D eigenvalue weighted by Gasteiger charge is -2.19. The minimum absolute atomic E-state index is 0.0820. The number of carbonyl (C=O) groups excluding carboxylic acids is 2. The molecule has 0 atom stereocenters. The summed E-state index contributed by atoms with van der Waals surface area (Å²) in [5.41, 5.74) is 1.67. The molecular weight excluding hydrogens is 334 g/mol. The zero-order chi connectivity index (χ0) is 19.1. The molecule has 26 heavy (non-hydrogen) atoms. The van der Waals surface area contributed by atoms with E-state index in [-0.39, 0.29) is 37.1 Å². The Morgan fingerprint density at radius 2 is 1.85 bits per heavy atom. The smallest absolute Gasteiger partial charge is 0.253 e. The number of likely N-dealkylation sites (N-methyl/N-ethyl adjacent to an activating group) is 1. The maximum atomic E-state index is 12.3. The summed E-state index contributed by atoms with van der Waals surface area (Å²) in [6.45, 7) is 4.30. The van der Waals surface area contributed by atoms with Crippen molar-refractivity contribution < 1.29 is 14.7 Å². The van der Waals surface area contributed by atoms with Crippen LogP contribution in [0, 0.1) is 6.92 Å². The highest BCUT2D eigenvalue weighted by Gasteiger charge is 2.13. The summed E-state index contributed by atoms with van der Waals surface area (Å²) in [5.74, 6) is -0.502. The first kappa shape index (κ1) is 19.4. The van der Waals surface area contributed by atoms with E-state index in [2.05, 4.69) is 5.32 Å². The van der Waals surface area contributed by atoms with Gasteiger partial charge in [-0.2, -0.15) is 0 Å². The zero-order valence-corrected chi connectivity index (χ0v) is 14.9. The van der Waals surface area contributed by atoms with Gasteiger partial charge in [-0.3, -0.25) is 14.4 Å². The van der Waals surface area contributed by atoms with Crippen LogP contribution < -0.4 is 10.9 Å². The van der Waals surface area contributed by atoms with Crippen molar-refractivity contribution >= 4 is 17.5 Å². The number of nitrogens with zero attached hydrogens (tertiary/aromatic N) is 2. The third kappa shape index (κ3) is 5.03. The second-order valence-electron chi connectivity index (χ2n) is 5.91. The molecule has 1 aromatic carbocycles. The highest BCUT2D eigenvalue weighted by atomic mass is 16.3. The van der Waals surface area contributed by atoms with Gasteiger partial charge in [0, 0.05) is 36.6 Å². The van der Waals surface area contributed by atoms with Gasteiger partial charge in [0.05, 0.1) is 6.61 Å². The number of carbonyl (C=O) groups is 2. The first-order chi connectivity index (χ1) is 12.4. The van der Waals surface area contributed by atoms with Gasteiger partial charge in [0.15, 0.2) is 0 Å². The third-order valence-corrected chi connectivity index (χ3v) is 3.90. The number of hydrogen-bond acceptors (Lipinski definition) is 4. The van der Waals surface area contributed by atoms with Crippen LogP contribution >= 0.6 is 0 Å². The van der Waals surface area contributed by atoms with E-state index in [4.69, 9.17) is 5.11 Å². The van der Waals surface area contributed by atoms with Crippen LogP contribution in [0.3, 0.4) is 0 Å². The Kier molecular flexibility index (Phi) is 6.68. The molecular formula is C19H23N3O4. The van der Waals surface area contributed by atoms with Gasteiger partial charge in [-0.05, 0) is 43.7 Å². The third-order valence-electron chi connectivity index (χ3n) is 3.90. The minimum atomic E-state index is -0.327. The molecule has 0 aliphatic heterocycles. The molecule has 0 aliphatic rings. The van der Waals surface area contributed by atoms with Crippen molar-refractivity contribution in [3.63, 3.8) is 0 Å². The van der Waals surface area contributed by atoms with Gasteiger partial charge in [0.2, 0.25) is 5.91 Å². The van der Waals surface area contributed by atoms with Crippen LogP contribution in [0.5, 0.6) is 0 Å². The normalized spacial score (nSPS) is 10.4. The number of aliphatic hydroxyl groups is 1. The standard InChI is InChI=1S/C19H23N3O4/c1-3-21(10-11-23)19(26)15-5-7-16(8-6-15)20-17(24)13-22-12-14(2)4-9-18(22)25/h4-9,12,23H,3,10-11,13H2,1-2H3,(H,20,24). The molecule has 2 rings (SSSR count). The molecule has 0 spiro atoms. The quantitative estimate of drug-likeness (QED) is 0.780. The van der Waals surface area contributed by atoms with E-state index in [1.54, 1.807) is 36.5 Å². The van der Waals surface area contributed by atoms with Crippen molar-refractivity contribution in [2.24, 2.45) is 0 Å². The Morgan fingerprint density at radius 1 is 1.15 bits per heavy atom. The molecule has 2 aromatic rings. The van der Waals surface area contributed by atoms with Gasteiger partial charge in [-0.15, -0.1) is 0 Å². The number of anilines is 1. The van der Waals surface area contributed by atoms with E-state index in [9.17, 15) is 14.4 Å². The number of aromatic nitrogens is 1. The lowest BCUT2D eigenvalue weighted by atomic mass is 10.1. The lowest BCUT2D eigenvalue weighted by Crippen LogP contribution is -2.33. The number of amides is 2. The predicted octanol–water partition coefficient (Wildman–Crippen LogP) is 1.25. The summed E-state index contributed by atoms with van der Waals surface area (Å²) in [5, 5.41) is 11.7. The number of pyridine rings is 1. The topological polar surface area (TPSA) is 91.6 Å². The Labute approximate surface area is 151 Å². The van der Waals surface area contributed by atoms with Crippen molar-refractivity contribution in [3.8, 4) is 0 Å². The summed E-state index contributed by atoms with van der Waals surface area (Å²) in [4.78, 5) is 37.7. The number of rotatable bonds is 7. The van der Waals surface area contributed by atoms with Crippen molar-refractivity contribution in [2.45, 2.75) is 20.4 Å². The van der Waals surface area contributed by atoms with E-state index >= 15 is 0 Å². The monoisotopic (exact) mass is 357 g/mol.